The van der Waals surface area contributed by atoms with Crippen molar-refractivity contribution in [1.82, 2.24) is 29.5 Å². The second kappa shape index (κ2) is 10.8. The van der Waals surface area contributed by atoms with Crippen molar-refractivity contribution >= 4 is 56.9 Å². The maximum absolute atomic E-state index is 12.8. The largest absolute Gasteiger partial charge is 0.459 e. The van der Waals surface area contributed by atoms with Gasteiger partial charge in [-0.3, -0.25) is 9.59 Å². The molecule has 9 nitrogen and oxygen atoms in total. The van der Waals surface area contributed by atoms with E-state index in [4.69, 9.17) is 4.42 Å². The van der Waals surface area contributed by atoms with E-state index in [2.05, 4.69) is 32.7 Å². The van der Waals surface area contributed by atoms with Crippen LogP contribution in [0.15, 0.2) is 56.6 Å². The minimum absolute atomic E-state index is 0.0381. The molecule has 3 aromatic heterocycles. The summed E-state index contributed by atoms with van der Waals surface area (Å²) in [6.45, 7) is 4.79. The van der Waals surface area contributed by atoms with Gasteiger partial charge in [0.1, 0.15) is 5.82 Å². The van der Waals surface area contributed by atoms with Gasteiger partial charge in [-0.2, -0.15) is 0 Å². The van der Waals surface area contributed by atoms with Crippen LogP contribution in [-0.4, -0.2) is 73.3 Å². The van der Waals surface area contributed by atoms with E-state index in [9.17, 15) is 9.59 Å². The van der Waals surface area contributed by atoms with Crippen molar-refractivity contribution in [3.05, 3.63) is 54.2 Å². The lowest BCUT2D eigenvalue weighted by molar-refractivity contribution is -0.129. The van der Waals surface area contributed by atoms with Crippen molar-refractivity contribution < 1.29 is 14.0 Å². The predicted molar refractivity (Wildman–Crippen MR) is 137 cm³/mol. The number of furan rings is 1. The summed E-state index contributed by atoms with van der Waals surface area (Å²) in [6, 6.07) is 11.5. The highest BCUT2D eigenvalue weighted by Gasteiger charge is 2.26. The molecular formula is C23H24N6O3S3. The number of amides is 2. The van der Waals surface area contributed by atoms with E-state index in [-0.39, 0.29) is 17.6 Å². The van der Waals surface area contributed by atoms with Crippen molar-refractivity contribution in [3.8, 4) is 0 Å². The second-order valence-electron chi connectivity index (χ2n) is 7.82. The van der Waals surface area contributed by atoms with Gasteiger partial charge in [-0.15, -0.1) is 21.5 Å². The number of thioether (sulfide) groups is 2. The maximum atomic E-state index is 12.8. The van der Waals surface area contributed by atoms with E-state index < -0.39 is 0 Å². The molecule has 1 aromatic carbocycles. The van der Waals surface area contributed by atoms with E-state index in [1.54, 1.807) is 45.0 Å². The Morgan fingerprint density at radius 3 is 2.57 bits per heavy atom. The third-order valence-corrected chi connectivity index (χ3v) is 8.81. The molecule has 0 aliphatic carbocycles. The lowest BCUT2D eigenvalue weighted by Crippen LogP contribution is -2.51. The number of carbonyl (C=O) groups is 2. The fourth-order valence-corrected chi connectivity index (χ4v) is 6.75. The molecule has 1 fully saturated rings. The van der Waals surface area contributed by atoms with Crippen LogP contribution in [0.4, 0.5) is 0 Å². The third-order valence-electron chi connectivity index (χ3n) is 5.68. The molecule has 0 N–H and O–H groups in total. The van der Waals surface area contributed by atoms with Gasteiger partial charge in [0.25, 0.3) is 5.91 Å². The molecule has 0 atom stereocenters. The summed E-state index contributed by atoms with van der Waals surface area (Å²) in [6.07, 6.45) is 1.49. The number of para-hydroxylation sites is 1. The molecule has 0 radical (unpaired) electrons. The summed E-state index contributed by atoms with van der Waals surface area (Å²) in [4.78, 5) is 33.4. The Labute approximate surface area is 214 Å². The van der Waals surface area contributed by atoms with Gasteiger partial charge in [-0.05, 0) is 31.2 Å². The van der Waals surface area contributed by atoms with Crippen molar-refractivity contribution in [2.24, 2.45) is 0 Å². The van der Waals surface area contributed by atoms with Gasteiger partial charge in [0, 0.05) is 32.7 Å². The molecule has 1 aliphatic rings. The van der Waals surface area contributed by atoms with Crippen LogP contribution in [0.1, 0.15) is 23.3 Å². The Bertz CT molecular complexity index is 1280. The van der Waals surface area contributed by atoms with Gasteiger partial charge in [0.2, 0.25) is 5.91 Å². The van der Waals surface area contributed by atoms with Crippen LogP contribution in [0, 0.1) is 0 Å². The van der Waals surface area contributed by atoms with E-state index in [0.29, 0.717) is 37.7 Å². The Balaban J connectivity index is 1.13. The Kier molecular flexibility index (Phi) is 7.40. The number of carbonyl (C=O) groups excluding carboxylic acids is 2. The van der Waals surface area contributed by atoms with Crippen LogP contribution in [0.2, 0.25) is 0 Å². The number of thiazole rings is 1. The van der Waals surface area contributed by atoms with E-state index >= 15 is 0 Å². The number of nitrogens with zero attached hydrogens (tertiary/aromatic N) is 6. The molecule has 0 saturated carbocycles. The number of rotatable bonds is 8. The standard InChI is InChI=1S/C23H24N6O3S3/c1-2-29-19(14-34-23-24-16-6-3-4-8-18(16)35-23)25-26-22(29)33-15-20(30)27-9-11-28(12-10-27)21(31)17-7-5-13-32-17/h3-8,13H,2,9-12,14-15H2,1H3. The third kappa shape index (κ3) is 5.39. The number of hydrogen-bond acceptors (Lipinski definition) is 9. The lowest BCUT2D eigenvalue weighted by atomic mass is 10.3. The first-order valence-electron chi connectivity index (χ1n) is 11.3. The molecule has 0 unspecified atom stereocenters. The molecule has 182 valence electrons. The van der Waals surface area contributed by atoms with Crippen molar-refractivity contribution in [2.45, 2.75) is 28.7 Å². The highest BCUT2D eigenvalue weighted by Crippen LogP contribution is 2.31. The van der Waals surface area contributed by atoms with E-state index in [0.717, 1.165) is 27.4 Å². The summed E-state index contributed by atoms with van der Waals surface area (Å²) in [5, 5.41) is 9.45. The Morgan fingerprint density at radius 1 is 1.03 bits per heavy atom. The summed E-state index contributed by atoms with van der Waals surface area (Å²) in [5.41, 5.74) is 1.01. The van der Waals surface area contributed by atoms with Crippen LogP contribution in [0.25, 0.3) is 10.2 Å². The predicted octanol–water partition coefficient (Wildman–Crippen LogP) is 3.87. The van der Waals surface area contributed by atoms with Gasteiger partial charge < -0.3 is 18.8 Å². The first-order valence-corrected chi connectivity index (χ1v) is 14.0. The fraction of sp³-hybridized carbons (Fsp3) is 0.348. The summed E-state index contributed by atoms with van der Waals surface area (Å²) < 4.78 is 9.43. The van der Waals surface area contributed by atoms with Gasteiger partial charge in [-0.25, -0.2) is 4.98 Å². The minimum atomic E-state index is -0.135. The number of aromatic nitrogens is 4. The first kappa shape index (κ1) is 23.9. The zero-order chi connectivity index (χ0) is 24.2. The maximum Gasteiger partial charge on any atom is 0.289 e. The summed E-state index contributed by atoms with van der Waals surface area (Å²) in [7, 11) is 0. The quantitative estimate of drug-likeness (QED) is 0.318. The van der Waals surface area contributed by atoms with Gasteiger partial charge in [0.15, 0.2) is 15.3 Å². The molecule has 4 aromatic rings. The smallest absolute Gasteiger partial charge is 0.289 e. The van der Waals surface area contributed by atoms with Crippen molar-refractivity contribution in [2.75, 3.05) is 31.9 Å². The van der Waals surface area contributed by atoms with Crippen molar-refractivity contribution in [1.29, 1.82) is 0 Å². The zero-order valence-electron chi connectivity index (χ0n) is 19.1. The summed E-state index contributed by atoms with van der Waals surface area (Å²) >= 11 is 4.73. The monoisotopic (exact) mass is 528 g/mol. The molecule has 5 rings (SSSR count). The molecule has 2 amide bonds. The number of benzene rings is 1. The average molecular weight is 529 g/mol. The molecule has 35 heavy (non-hydrogen) atoms. The highest BCUT2D eigenvalue weighted by atomic mass is 32.2. The van der Waals surface area contributed by atoms with Crippen LogP contribution in [0.5, 0.6) is 0 Å². The normalized spacial score (nSPS) is 14.1. The van der Waals surface area contributed by atoms with Gasteiger partial charge in [-0.1, -0.05) is 35.7 Å². The van der Waals surface area contributed by atoms with Crippen LogP contribution in [0.3, 0.4) is 0 Å². The van der Waals surface area contributed by atoms with Gasteiger partial charge in [0.05, 0.1) is 28.0 Å². The first-order chi connectivity index (χ1) is 17.1. The van der Waals surface area contributed by atoms with Crippen LogP contribution >= 0.6 is 34.9 Å². The van der Waals surface area contributed by atoms with Gasteiger partial charge >= 0.3 is 0 Å². The fourth-order valence-electron chi connectivity index (χ4n) is 3.82. The second-order valence-corrected chi connectivity index (χ2v) is 11.0. The molecule has 0 bridgehead atoms. The molecule has 0 spiro atoms. The molecule has 1 saturated heterocycles. The Morgan fingerprint density at radius 2 is 1.83 bits per heavy atom. The lowest BCUT2D eigenvalue weighted by Gasteiger charge is -2.34. The molecule has 1 aliphatic heterocycles. The molecular weight excluding hydrogens is 504 g/mol. The zero-order valence-corrected chi connectivity index (χ0v) is 21.6. The van der Waals surface area contributed by atoms with Crippen molar-refractivity contribution in [3.63, 3.8) is 0 Å². The average Bonchev–Trinajstić information content (AvgIpc) is 3.65. The SMILES string of the molecule is CCn1c(CSc2nc3ccccc3s2)nnc1SCC(=O)N1CCN(C(=O)c2ccco2)CC1. The van der Waals surface area contributed by atoms with E-state index in [1.807, 2.05) is 18.2 Å². The number of hydrogen-bond donors (Lipinski definition) is 0. The molecule has 4 heterocycles. The van der Waals surface area contributed by atoms with E-state index in [1.165, 1.54) is 22.7 Å². The van der Waals surface area contributed by atoms with Crippen LogP contribution < -0.4 is 0 Å². The topological polar surface area (TPSA) is 97.4 Å². The molecule has 12 heteroatoms. The number of piperazine rings is 1. The summed E-state index contributed by atoms with van der Waals surface area (Å²) in [5.74, 6) is 2.06. The highest BCUT2D eigenvalue weighted by molar-refractivity contribution is 8.00. The number of fused-ring (bicyclic) bond motifs is 1. The Hall–Kier alpha value is -2.83. The van der Waals surface area contributed by atoms with Crippen LogP contribution in [-0.2, 0) is 17.1 Å². The minimum Gasteiger partial charge on any atom is -0.459 e.